The van der Waals surface area contributed by atoms with Crippen molar-refractivity contribution in [2.45, 2.75) is 67.5 Å². The molecular weight excluding hydrogens is 386 g/mol. The monoisotopic (exact) mass is 415 g/mol. The first-order valence-corrected chi connectivity index (χ1v) is 8.81. The number of rotatable bonds is 8. The molecule has 2 heterocycles. The smallest absolute Gasteiger partial charge is 0.186 e. The van der Waals surface area contributed by atoms with Gasteiger partial charge in [0.1, 0.15) is 48.8 Å². The zero-order valence-corrected chi connectivity index (χ0v) is 15.0. The van der Waals surface area contributed by atoms with Crippen molar-refractivity contribution in [2.24, 2.45) is 5.73 Å². The Morgan fingerprint density at radius 2 is 1.00 bits per heavy atom. The highest BCUT2D eigenvalue weighted by Crippen LogP contribution is 2.23. The normalized spacial score (nSPS) is 44.8. The first-order valence-electron chi connectivity index (χ1n) is 8.81. The average Bonchev–Trinajstić information content (AvgIpc) is 2.69. The van der Waals surface area contributed by atoms with E-state index in [2.05, 4.69) is 0 Å². The molecule has 0 radical (unpaired) electrons. The summed E-state index contributed by atoms with van der Waals surface area (Å²) >= 11 is 0. The van der Waals surface area contributed by atoms with E-state index in [1.807, 2.05) is 0 Å². The number of aliphatic hydroxyl groups is 8. The van der Waals surface area contributed by atoms with E-state index in [1.54, 1.807) is 0 Å². The summed E-state index contributed by atoms with van der Waals surface area (Å²) in [5.74, 6) is 0. The standard InChI is InChI=1S/C15H29NO12/c16-5(3-25-14-12(23)10(21)8(19)6(1-17)27-14)4-26-15-13(24)11(22)9(20)7(2-18)28-15/h5-15,17-24H,1-4,16H2/t6-,7-,8-,9-,10+,11+,12+,13+,14+,15+/m1/s1. The molecule has 2 aliphatic heterocycles. The minimum absolute atomic E-state index is 0.236. The van der Waals surface area contributed by atoms with Crippen LogP contribution in [0.3, 0.4) is 0 Å². The Balaban J connectivity index is 1.80. The Labute approximate surface area is 160 Å². The van der Waals surface area contributed by atoms with Crippen molar-refractivity contribution in [3.63, 3.8) is 0 Å². The van der Waals surface area contributed by atoms with Crippen LogP contribution in [0, 0.1) is 0 Å². The lowest BCUT2D eigenvalue weighted by Gasteiger charge is -2.40. The molecule has 166 valence electrons. The lowest BCUT2D eigenvalue weighted by Crippen LogP contribution is -2.60. The quantitative estimate of drug-likeness (QED) is 0.180. The maximum atomic E-state index is 9.87. The predicted octanol–water partition coefficient (Wildman–Crippen LogP) is -6.05. The summed E-state index contributed by atoms with van der Waals surface area (Å²) in [4.78, 5) is 0. The second-order valence-corrected chi connectivity index (χ2v) is 6.82. The largest absolute Gasteiger partial charge is 0.394 e. The van der Waals surface area contributed by atoms with Gasteiger partial charge in [-0.3, -0.25) is 0 Å². The molecule has 0 aliphatic carbocycles. The van der Waals surface area contributed by atoms with Crippen LogP contribution in [-0.4, -0.2) is 135 Å². The molecule has 2 fully saturated rings. The zero-order chi connectivity index (χ0) is 21.0. The SMILES string of the molecule is NC(CO[C@H]1O[C@H](CO)[C@@H](O)[C@H](O)[C@@H]1O)CO[C@H]1O[C@H](CO)[C@@H](O)[C@H](O)[C@@H]1O. The Bertz CT molecular complexity index is 428. The molecule has 10 N–H and O–H groups in total. The zero-order valence-electron chi connectivity index (χ0n) is 15.0. The Morgan fingerprint density at radius 1 is 0.643 bits per heavy atom. The highest BCUT2D eigenvalue weighted by Gasteiger charge is 2.45. The van der Waals surface area contributed by atoms with Gasteiger partial charge in [0.15, 0.2) is 12.6 Å². The lowest BCUT2D eigenvalue weighted by molar-refractivity contribution is -0.309. The summed E-state index contributed by atoms with van der Waals surface area (Å²) in [6.07, 6.45) is -14.3. The third-order valence-corrected chi connectivity index (χ3v) is 4.65. The molecule has 0 aromatic rings. The molecule has 0 aromatic carbocycles. The summed E-state index contributed by atoms with van der Waals surface area (Å²) in [7, 11) is 0. The molecule has 0 aromatic heterocycles. The first-order chi connectivity index (χ1) is 13.2. The summed E-state index contributed by atoms with van der Waals surface area (Å²) in [5, 5.41) is 76.8. The van der Waals surface area contributed by atoms with Gasteiger partial charge in [-0.25, -0.2) is 0 Å². The van der Waals surface area contributed by atoms with Gasteiger partial charge >= 0.3 is 0 Å². The van der Waals surface area contributed by atoms with Crippen LogP contribution in [0.5, 0.6) is 0 Å². The van der Waals surface area contributed by atoms with Gasteiger partial charge < -0.3 is 65.5 Å². The number of hydrogen-bond donors (Lipinski definition) is 9. The van der Waals surface area contributed by atoms with Gasteiger partial charge in [-0.2, -0.15) is 0 Å². The van der Waals surface area contributed by atoms with Crippen LogP contribution >= 0.6 is 0 Å². The highest BCUT2D eigenvalue weighted by atomic mass is 16.7. The predicted molar refractivity (Wildman–Crippen MR) is 87.4 cm³/mol. The molecular formula is C15H29NO12. The maximum absolute atomic E-state index is 9.87. The number of aliphatic hydroxyl groups excluding tert-OH is 8. The Morgan fingerprint density at radius 3 is 1.32 bits per heavy atom. The van der Waals surface area contributed by atoms with Gasteiger partial charge in [0.25, 0.3) is 0 Å². The number of ether oxygens (including phenoxy) is 4. The topological polar surface area (TPSA) is 225 Å². The van der Waals surface area contributed by atoms with Crippen molar-refractivity contribution in [1.82, 2.24) is 0 Å². The number of hydrogen-bond acceptors (Lipinski definition) is 13. The van der Waals surface area contributed by atoms with Crippen LogP contribution in [0.25, 0.3) is 0 Å². The fourth-order valence-corrected chi connectivity index (χ4v) is 2.90. The molecule has 0 bridgehead atoms. The molecule has 2 rings (SSSR count). The van der Waals surface area contributed by atoms with Crippen molar-refractivity contribution in [1.29, 1.82) is 0 Å². The lowest BCUT2D eigenvalue weighted by atomic mass is 9.99. The van der Waals surface area contributed by atoms with Crippen LogP contribution in [0.1, 0.15) is 0 Å². The van der Waals surface area contributed by atoms with Crippen molar-refractivity contribution in [2.75, 3.05) is 26.4 Å². The molecule has 13 nitrogen and oxygen atoms in total. The van der Waals surface area contributed by atoms with E-state index in [4.69, 9.17) is 34.9 Å². The van der Waals surface area contributed by atoms with Crippen LogP contribution in [0.2, 0.25) is 0 Å². The van der Waals surface area contributed by atoms with E-state index in [0.29, 0.717) is 0 Å². The van der Waals surface area contributed by atoms with Gasteiger partial charge in [-0.05, 0) is 0 Å². The van der Waals surface area contributed by atoms with E-state index >= 15 is 0 Å². The summed E-state index contributed by atoms with van der Waals surface area (Å²) < 4.78 is 20.9. The van der Waals surface area contributed by atoms with E-state index in [1.165, 1.54) is 0 Å². The Kier molecular flexibility index (Phi) is 8.90. The van der Waals surface area contributed by atoms with Gasteiger partial charge in [-0.1, -0.05) is 0 Å². The van der Waals surface area contributed by atoms with Crippen molar-refractivity contribution in [3.05, 3.63) is 0 Å². The second kappa shape index (κ2) is 10.5. The summed E-state index contributed by atoms with van der Waals surface area (Å²) in [6.45, 7) is -1.67. The summed E-state index contributed by atoms with van der Waals surface area (Å²) in [6, 6.07) is -0.820. The Hall–Kier alpha value is -0.520. The highest BCUT2D eigenvalue weighted by molar-refractivity contribution is 4.90. The van der Waals surface area contributed by atoms with Crippen LogP contribution in [0.4, 0.5) is 0 Å². The van der Waals surface area contributed by atoms with Gasteiger partial charge in [-0.15, -0.1) is 0 Å². The van der Waals surface area contributed by atoms with Gasteiger partial charge in [0.2, 0.25) is 0 Å². The third-order valence-electron chi connectivity index (χ3n) is 4.65. The van der Waals surface area contributed by atoms with Gasteiger partial charge in [0.05, 0.1) is 32.5 Å². The molecule has 2 saturated heterocycles. The van der Waals surface area contributed by atoms with Crippen LogP contribution in [-0.2, 0) is 18.9 Å². The number of nitrogens with two attached hydrogens (primary N) is 1. The van der Waals surface area contributed by atoms with Crippen molar-refractivity contribution in [3.8, 4) is 0 Å². The molecule has 0 spiro atoms. The molecule has 2 aliphatic rings. The first kappa shape index (κ1) is 23.8. The minimum Gasteiger partial charge on any atom is -0.394 e. The fraction of sp³-hybridized carbons (Fsp3) is 1.00. The third kappa shape index (κ3) is 5.34. The van der Waals surface area contributed by atoms with E-state index in [0.717, 1.165) is 0 Å². The van der Waals surface area contributed by atoms with E-state index < -0.39 is 80.7 Å². The molecule has 0 amide bonds. The van der Waals surface area contributed by atoms with Gasteiger partial charge in [0, 0.05) is 0 Å². The minimum atomic E-state index is -1.59. The van der Waals surface area contributed by atoms with Crippen molar-refractivity contribution < 1.29 is 59.8 Å². The van der Waals surface area contributed by atoms with Crippen LogP contribution < -0.4 is 5.73 Å². The van der Waals surface area contributed by atoms with E-state index in [9.17, 15) is 30.6 Å². The molecule has 10 atom stereocenters. The van der Waals surface area contributed by atoms with Crippen molar-refractivity contribution >= 4 is 0 Å². The molecule has 28 heavy (non-hydrogen) atoms. The summed E-state index contributed by atoms with van der Waals surface area (Å²) in [5.41, 5.74) is 5.81. The van der Waals surface area contributed by atoms with E-state index in [-0.39, 0.29) is 13.2 Å². The average molecular weight is 415 g/mol. The maximum Gasteiger partial charge on any atom is 0.186 e. The molecule has 0 saturated carbocycles. The van der Waals surface area contributed by atoms with Crippen LogP contribution in [0.15, 0.2) is 0 Å². The fourth-order valence-electron chi connectivity index (χ4n) is 2.90. The molecule has 0 unspecified atom stereocenters. The second-order valence-electron chi connectivity index (χ2n) is 6.82. The molecule has 13 heteroatoms.